The molecule has 1 aliphatic rings. The van der Waals surface area contributed by atoms with Crippen molar-refractivity contribution in [2.45, 2.75) is 25.0 Å². The van der Waals surface area contributed by atoms with Gasteiger partial charge in [0.25, 0.3) is 0 Å². The molecule has 0 spiro atoms. The van der Waals surface area contributed by atoms with E-state index in [4.69, 9.17) is 9.47 Å². The molecule has 4 nitrogen and oxygen atoms in total. The van der Waals surface area contributed by atoms with Crippen LogP contribution >= 0.6 is 0 Å². The van der Waals surface area contributed by atoms with Gasteiger partial charge >= 0.3 is 0 Å². The molecule has 1 amide bonds. The molecule has 3 rings (SSSR count). The molecule has 25 heavy (non-hydrogen) atoms. The molecule has 1 saturated heterocycles. The molecule has 1 fully saturated rings. The lowest BCUT2D eigenvalue weighted by Gasteiger charge is -2.41. The summed E-state index contributed by atoms with van der Waals surface area (Å²) in [6.07, 6.45) is 1.13. The molecular weight excluding hydrogens is 314 g/mol. The zero-order chi connectivity index (χ0) is 17.5. The monoisotopic (exact) mass is 339 g/mol. The van der Waals surface area contributed by atoms with Crippen molar-refractivity contribution >= 4 is 5.91 Å². The minimum Gasteiger partial charge on any atom is -0.382 e. The minimum atomic E-state index is -0.137. The summed E-state index contributed by atoms with van der Waals surface area (Å²) in [4.78, 5) is 14.9. The van der Waals surface area contributed by atoms with Gasteiger partial charge < -0.3 is 14.4 Å². The normalized spacial score (nSPS) is 20.4. The standard InChI is InChI=1S/C21H25NO3/c1-24-16-19-21(18-10-6-3-7-11-18)22(14-15-25-19)20(23)13-12-17-8-4-2-5-9-17/h2-11,19,21H,12-16H2,1H3/t19-,21-/m0/s1. The highest BCUT2D eigenvalue weighted by Gasteiger charge is 2.35. The Bertz CT molecular complexity index is 657. The van der Waals surface area contributed by atoms with Crippen LogP contribution in [0.2, 0.25) is 0 Å². The summed E-state index contributed by atoms with van der Waals surface area (Å²) in [6.45, 7) is 1.64. The van der Waals surface area contributed by atoms with Gasteiger partial charge in [-0.05, 0) is 17.5 Å². The van der Waals surface area contributed by atoms with E-state index in [0.29, 0.717) is 26.2 Å². The van der Waals surface area contributed by atoms with Gasteiger partial charge in [-0.3, -0.25) is 4.79 Å². The van der Waals surface area contributed by atoms with E-state index in [1.165, 1.54) is 5.56 Å². The van der Waals surface area contributed by atoms with E-state index in [9.17, 15) is 4.79 Å². The minimum absolute atomic E-state index is 0.0989. The number of morpholine rings is 1. The Labute approximate surface area is 149 Å². The number of amides is 1. The van der Waals surface area contributed by atoms with E-state index >= 15 is 0 Å². The quantitative estimate of drug-likeness (QED) is 0.811. The van der Waals surface area contributed by atoms with Gasteiger partial charge in [-0.15, -0.1) is 0 Å². The van der Waals surface area contributed by atoms with Crippen molar-refractivity contribution in [3.8, 4) is 0 Å². The van der Waals surface area contributed by atoms with Crippen molar-refractivity contribution in [2.24, 2.45) is 0 Å². The van der Waals surface area contributed by atoms with E-state index < -0.39 is 0 Å². The van der Waals surface area contributed by atoms with Crippen molar-refractivity contribution in [1.29, 1.82) is 0 Å². The summed E-state index contributed by atoms with van der Waals surface area (Å²) in [5.74, 6) is 0.169. The van der Waals surface area contributed by atoms with E-state index in [2.05, 4.69) is 24.3 Å². The van der Waals surface area contributed by atoms with Gasteiger partial charge in [0, 0.05) is 20.1 Å². The van der Waals surface area contributed by atoms with Crippen molar-refractivity contribution in [2.75, 3.05) is 26.9 Å². The number of benzene rings is 2. The number of ether oxygens (including phenoxy) is 2. The SMILES string of the molecule is COC[C@@H]1OCCN(C(=O)CCc2ccccc2)[C@H]1c1ccccc1. The second-order valence-electron chi connectivity index (χ2n) is 6.29. The molecule has 0 radical (unpaired) electrons. The molecule has 2 atom stereocenters. The third-order valence-electron chi connectivity index (χ3n) is 4.61. The van der Waals surface area contributed by atoms with Gasteiger partial charge in [0.2, 0.25) is 5.91 Å². The summed E-state index contributed by atoms with van der Waals surface area (Å²) in [6, 6.07) is 20.1. The summed E-state index contributed by atoms with van der Waals surface area (Å²) in [5.41, 5.74) is 2.28. The Balaban J connectivity index is 1.75. The Morgan fingerprint density at radius 1 is 1.12 bits per heavy atom. The van der Waals surface area contributed by atoms with E-state index in [-0.39, 0.29) is 18.1 Å². The van der Waals surface area contributed by atoms with Crippen molar-refractivity contribution < 1.29 is 14.3 Å². The van der Waals surface area contributed by atoms with Crippen LogP contribution in [-0.2, 0) is 20.7 Å². The predicted molar refractivity (Wildman–Crippen MR) is 97.3 cm³/mol. The lowest BCUT2D eigenvalue weighted by atomic mass is 9.97. The molecule has 0 aliphatic carbocycles. The van der Waals surface area contributed by atoms with Crippen LogP contribution in [-0.4, -0.2) is 43.8 Å². The second-order valence-corrected chi connectivity index (χ2v) is 6.29. The van der Waals surface area contributed by atoms with Gasteiger partial charge in [0.15, 0.2) is 0 Å². The fourth-order valence-corrected chi connectivity index (χ4v) is 3.40. The third-order valence-corrected chi connectivity index (χ3v) is 4.61. The highest BCUT2D eigenvalue weighted by atomic mass is 16.5. The predicted octanol–water partition coefficient (Wildman–Crippen LogP) is 3.23. The summed E-state index contributed by atoms with van der Waals surface area (Å²) in [5, 5.41) is 0. The Morgan fingerprint density at radius 2 is 1.80 bits per heavy atom. The first-order valence-electron chi connectivity index (χ1n) is 8.78. The average Bonchev–Trinajstić information content (AvgIpc) is 2.68. The van der Waals surface area contributed by atoms with Gasteiger partial charge in [-0.25, -0.2) is 0 Å². The molecule has 0 unspecified atom stereocenters. The van der Waals surface area contributed by atoms with Crippen molar-refractivity contribution in [3.63, 3.8) is 0 Å². The van der Waals surface area contributed by atoms with Gasteiger partial charge in [0.05, 0.1) is 19.3 Å². The van der Waals surface area contributed by atoms with Crippen LogP contribution in [0.15, 0.2) is 60.7 Å². The molecule has 0 bridgehead atoms. The Kier molecular flexibility index (Phi) is 6.20. The topological polar surface area (TPSA) is 38.8 Å². The first kappa shape index (κ1) is 17.6. The molecular formula is C21H25NO3. The van der Waals surface area contributed by atoms with Crippen LogP contribution in [0, 0.1) is 0 Å². The van der Waals surface area contributed by atoms with Crippen molar-refractivity contribution in [1.82, 2.24) is 4.90 Å². The molecule has 1 heterocycles. The first-order chi connectivity index (χ1) is 12.3. The molecule has 2 aromatic rings. The maximum atomic E-state index is 12.9. The number of carbonyl (C=O) groups excluding carboxylic acids is 1. The van der Waals surface area contributed by atoms with Crippen molar-refractivity contribution in [3.05, 3.63) is 71.8 Å². The number of hydrogen-bond donors (Lipinski definition) is 0. The maximum Gasteiger partial charge on any atom is 0.223 e. The highest BCUT2D eigenvalue weighted by Crippen LogP contribution is 2.30. The molecule has 1 aliphatic heterocycles. The molecule has 4 heteroatoms. The van der Waals surface area contributed by atoms with E-state index in [0.717, 1.165) is 12.0 Å². The molecule has 0 saturated carbocycles. The van der Waals surface area contributed by atoms with Gasteiger partial charge in [-0.1, -0.05) is 60.7 Å². The van der Waals surface area contributed by atoms with Gasteiger partial charge in [-0.2, -0.15) is 0 Å². The fraction of sp³-hybridized carbons (Fsp3) is 0.381. The zero-order valence-corrected chi connectivity index (χ0v) is 14.6. The van der Waals surface area contributed by atoms with Crippen LogP contribution in [0.25, 0.3) is 0 Å². The number of aryl methyl sites for hydroxylation is 1. The van der Waals surface area contributed by atoms with E-state index in [1.54, 1.807) is 7.11 Å². The first-order valence-corrected chi connectivity index (χ1v) is 8.78. The second kappa shape index (κ2) is 8.79. The maximum absolute atomic E-state index is 12.9. The van der Waals surface area contributed by atoms with Crippen LogP contribution in [0.4, 0.5) is 0 Å². The number of nitrogens with zero attached hydrogens (tertiary/aromatic N) is 1. The number of carbonyl (C=O) groups is 1. The Hall–Kier alpha value is -2.17. The van der Waals surface area contributed by atoms with E-state index in [1.807, 2.05) is 41.3 Å². The molecule has 132 valence electrons. The summed E-state index contributed by atoms with van der Waals surface area (Å²) >= 11 is 0. The lowest BCUT2D eigenvalue weighted by Crippen LogP contribution is -2.49. The van der Waals surface area contributed by atoms with Gasteiger partial charge in [0.1, 0.15) is 6.10 Å². The summed E-state index contributed by atoms with van der Waals surface area (Å²) in [7, 11) is 1.67. The average molecular weight is 339 g/mol. The largest absolute Gasteiger partial charge is 0.382 e. The smallest absolute Gasteiger partial charge is 0.223 e. The zero-order valence-electron chi connectivity index (χ0n) is 14.6. The number of rotatable bonds is 6. The molecule has 0 aromatic heterocycles. The Morgan fingerprint density at radius 3 is 2.48 bits per heavy atom. The van der Waals surface area contributed by atoms with Crippen LogP contribution in [0.3, 0.4) is 0 Å². The third kappa shape index (κ3) is 4.47. The number of methoxy groups -OCH3 is 1. The fourth-order valence-electron chi connectivity index (χ4n) is 3.40. The van der Waals surface area contributed by atoms with Crippen LogP contribution in [0.1, 0.15) is 23.6 Å². The summed E-state index contributed by atoms with van der Waals surface area (Å²) < 4.78 is 11.2. The van der Waals surface area contributed by atoms with Crippen LogP contribution in [0.5, 0.6) is 0 Å². The number of hydrogen-bond acceptors (Lipinski definition) is 3. The molecule has 2 aromatic carbocycles. The lowest BCUT2D eigenvalue weighted by molar-refractivity contribution is -0.151. The highest BCUT2D eigenvalue weighted by molar-refractivity contribution is 5.77. The molecule has 0 N–H and O–H groups in total. The van der Waals surface area contributed by atoms with Crippen LogP contribution < -0.4 is 0 Å².